The van der Waals surface area contributed by atoms with Crippen LogP contribution in [0.1, 0.15) is 32.1 Å². The van der Waals surface area contributed by atoms with E-state index in [0.29, 0.717) is 0 Å². The molecule has 2 aliphatic rings. The Balaban J connectivity index is 1.95. The van der Waals surface area contributed by atoms with Crippen LogP contribution in [0.4, 0.5) is 0 Å². The van der Waals surface area contributed by atoms with Crippen molar-refractivity contribution in [2.45, 2.75) is 38.1 Å². The molecule has 0 aromatic carbocycles. The van der Waals surface area contributed by atoms with Gasteiger partial charge in [-0.2, -0.15) is 0 Å². The molecule has 0 aromatic rings. The van der Waals surface area contributed by atoms with E-state index in [-0.39, 0.29) is 11.9 Å². The van der Waals surface area contributed by atoms with Crippen molar-refractivity contribution >= 4 is 5.91 Å². The van der Waals surface area contributed by atoms with E-state index in [1.165, 1.54) is 19.3 Å². The van der Waals surface area contributed by atoms with Gasteiger partial charge in [0.15, 0.2) is 0 Å². The van der Waals surface area contributed by atoms with Crippen molar-refractivity contribution in [1.29, 1.82) is 0 Å². The zero-order valence-electron chi connectivity index (χ0n) is 8.59. The second kappa shape index (κ2) is 4.13. The number of amides is 1. The lowest BCUT2D eigenvalue weighted by Gasteiger charge is -2.36. The Morgan fingerprint density at radius 1 is 1.29 bits per heavy atom. The molecule has 2 saturated heterocycles. The van der Waals surface area contributed by atoms with Crippen molar-refractivity contribution in [3.63, 3.8) is 0 Å². The topological polar surface area (TPSA) is 32.3 Å². The highest BCUT2D eigenvalue weighted by atomic mass is 16.2. The highest BCUT2D eigenvalue weighted by molar-refractivity contribution is 5.84. The number of likely N-dealkylation sites (tertiary alicyclic amines) is 1. The summed E-state index contributed by atoms with van der Waals surface area (Å²) in [5.41, 5.74) is 0.878. The van der Waals surface area contributed by atoms with Crippen LogP contribution in [0.15, 0.2) is 12.3 Å². The first kappa shape index (κ1) is 9.71. The third kappa shape index (κ3) is 1.98. The average molecular weight is 194 g/mol. The molecule has 78 valence electrons. The fraction of sp³-hybridized carbons (Fsp3) is 0.727. The molecule has 2 heterocycles. The van der Waals surface area contributed by atoms with E-state index >= 15 is 0 Å². The normalized spacial score (nSPS) is 30.1. The minimum atomic E-state index is 0.112. The van der Waals surface area contributed by atoms with Crippen molar-refractivity contribution in [1.82, 2.24) is 10.2 Å². The van der Waals surface area contributed by atoms with Gasteiger partial charge in [-0.1, -0.05) is 13.0 Å². The number of carbonyl (C=O) groups excluding carboxylic acids is 1. The van der Waals surface area contributed by atoms with Crippen molar-refractivity contribution in [2.24, 2.45) is 0 Å². The molecule has 3 nitrogen and oxygen atoms in total. The fourth-order valence-electron chi connectivity index (χ4n) is 2.34. The van der Waals surface area contributed by atoms with E-state index in [1.807, 2.05) is 0 Å². The minimum absolute atomic E-state index is 0.112. The molecule has 0 saturated carbocycles. The Morgan fingerprint density at radius 3 is 2.64 bits per heavy atom. The minimum Gasteiger partial charge on any atom is -0.329 e. The Labute approximate surface area is 85.2 Å². The highest BCUT2D eigenvalue weighted by Gasteiger charge is 2.29. The molecule has 14 heavy (non-hydrogen) atoms. The molecule has 1 unspecified atom stereocenters. The second-order valence-corrected chi connectivity index (χ2v) is 4.24. The summed E-state index contributed by atoms with van der Waals surface area (Å²) in [6.45, 7) is 5.97. The summed E-state index contributed by atoms with van der Waals surface area (Å²) < 4.78 is 0. The molecule has 2 aliphatic heterocycles. The van der Waals surface area contributed by atoms with Crippen LogP contribution in [0.25, 0.3) is 0 Å². The monoisotopic (exact) mass is 194 g/mol. The van der Waals surface area contributed by atoms with Gasteiger partial charge in [0.05, 0.1) is 6.04 Å². The summed E-state index contributed by atoms with van der Waals surface area (Å²) in [5, 5.41) is 2.85. The van der Waals surface area contributed by atoms with Gasteiger partial charge in [-0.05, 0) is 38.8 Å². The molecule has 0 aliphatic carbocycles. The van der Waals surface area contributed by atoms with Crippen LogP contribution in [0.5, 0.6) is 0 Å². The van der Waals surface area contributed by atoms with Gasteiger partial charge in [-0.15, -0.1) is 0 Å². The Kier molecular flexibility index (Phi) is 2.87. The first-order valence-electron chi connectivity index (χ1n) is 5.50. The third-order valence-corrected chi connectivity index (χ3v) is 3.15. The maximum absolute atomic E-state index is 11.7. The predicted octanol–water partition coefficient (Wildman–Crippen LogP) is 1.26. The maximum atomic E-state index is 11.7. The molecule has 1 amide bonds. The number of piperidine rings is 2. The fourth-order valence-corrected chi connectivity index (χ4v) is 2.34. The Morgan fingerprint density at radius 2 is 2.00 bits per heavy atom. The van der Waals surface area contributed by atoms with E-state index < -0.39 is 0 Å². The van der Waals surface area contributed by atoms with Gasteiger partial charge < -0.3 is 5.32 Å². The lowest BCUT2D eigenvalue weighted by Crippen LogP contribution is -2.51. The first-order chi connectivity index (χ1) is 6.77. The summed E-state index contributed by atoms with van der Waals surface area (Å²) in [6.07, 6.45) is 5.69. The van der Waals surface area contributed by atoms with Crippen LogP contribution < -0.4 is 5.32 Å². The van der Waals surface area contributed by atoms with Gasteiger partial charge in [0.2, 0.25) is 5.91 Å². The molecule has 0 bridgehead atoms. The molecule has 0 spiro atoms. The zero-order chi connectivity index (χ0) is 9.97. The smallest absolute Gasteiger partial charge is 0.241 e. The van der Waals surface area contributed by atoms with Crippen LogP contribution in [0.2, 0.25) is 0 Å². The molecule has 2 rings (SSSR count). The zero-order valence-corrected chi connectivity index (χ0v) is 8.59. The van der Waals surface area contributed by atoms with E-state index in [0.717, 1.165) is 31.6 Å². The standard InChI is InChI=1S/C11H18N2O/c1-9-5-6-10(11(14)12-9)13-7-3-2-4-8-13/h10H,1-8H2,(H,12,14). The number of nitrogens with one attached hydrogen (secondary N) is 1. The molecule has 0 radical (unpaired) electrons. The SMILES string of the molecule is C=C1CCC(N2CCCCC2)C(=O)N1. The van der Waals surface area contributed by atoms with Gasteiger partial charge in [-0.3, -0.25) is 9.69 Å². The molecule has 1 atom stereocenters. The highest BCUT2D eigenvalue weighted by Crippen LogP contribution is 2.20. The van der Waals surface area contributed by atoms with Gasteiger partial charge in [0, 0.05) is 5.70 Å². The number of nitrogens with zero attached hydrogens (tertiary/aromatic N) is 1. The molecular weight excluding hydrogens is 176 g/mol. The van der Waals surface area contributed by atoms with Crippen molar-refractivity contribution in [3.05, 3.63) is 12.3 Å². The second-order valence-electron chi connectivity index (χ2n) is 4.24. The van der Waals surface area contributed by atoms with Crippen LogP contribution in [0, 0.1) is 0 Å². The van der Waals surface area contributed by atoms with Crippen LogP contribution in [-0.2, 0) is 4.79 Å². The van der Waals surface area contributed by atoms with Gasteiger partial charge in [0.1, 0.15) is 0 Å². The number of rotatable bonds is 1. The summed E-state index contributed by atoms with van der Waals surface area (Å²) in [4.78, 5) is 14.0. The molecule has 2 fully saturated rings. The Hall–Kier alpha value is -0.830. The average Bonchev–Trinajstić information content (AvgIpc) is 2.19. The van der Waals surface area contributed by atoms with E-state index in [4.69, 9.17) is 0 Å². The molecular formula is C11H18N2O. The van der Waals surface area contributed by atoms with Crippen LogP contribution >= 0.6 is 0 Å². The molecule has 1 N–H and O–H groups in total. The van der Waals surface area contributed by atoms with E-state index in [9.17, 15) is 4.79 Å². The van der Waals surface area contributed by atoms with Gasteiger partial charge in [-0.25, -0.2) is 0 Å². The number of carbonyl (C=O) groups is 1. The molecule has 3 heteroatoms. The largest absolute Gasteiger partial charge is 0.329 e. The summed E-state index contributed by atoms with van der Waals surface area (Å²) >= 11 is 0. The third-order valence-electron chi connectivity index (χ3n) is 3.15. The van der Waals surface area contributed by atoms with Crippen molar-refractivity contribution < 1.29 is 4.79 Å². The Bertz CT molecular complexity index is 244. The lowest BCUT2D eigenvalue weighted by atomic mass is 10.00. The van der Waals surface area contributed by atoms with Gasteiger partial charge in [0.25, 0.3) is 0 Å². The number of hydrogen-bond donors (Lipinski definition) is 1. The lowest BCUT2D eigenvalue weighted by molar-refractivity contribution is -0.127. The first-order valence-corrected chi connectivity index (χ1v) is 5.50. The van der Waals surface area contributed by atoms with Crippen molar-refractivity contribution in [3.8, 4) is 0 Å². The predicted molar refractivity (Wildman–Crippen MR) is 55.7 cm³/mol. The van der Waals surface area contributed by atoms with Crippen LogP contribution in [-0.4, -0.2) is 29.9 Å². The van der Waals surface area contributed by atoms with E-state index in [1.54, 1.807) is 0 Å². The van der Waals surface area contributed by atoms with Crippen molar-refractivity contribution in [2.75, 3.05) is 13.1 Å². The summed E-state index contributed by atoms with van der Waals surface area (Å²) in [5.74, 6) is 0.156. The maximum Gasteiger partial charge on any atom is 0.241 e. The van der Waals surface area contributed by atoms with Gasteiger partial charge >= 0.3 is 0 Å². The quantitative estimate of drug-likeness (QED) is 0.681. The molecule has 0 aromatic heterocycles. The van der Waals surface area contributed by atoms with E-state index in [2.05, 4.69) is 16.8 Å². The number of allylic oxidation sites excluding steroid dienone is 1. The van der Waals surface area contributed by atoms with Crippen LogP contribution in [0.3, 0.4) is 0 Å². The summed E-state index contributed by atoms with van der Waals surface area (Å²) in [7, 11) is 0. The summed E-state index contributed by atoms with van der Waals surface area (Å²) in [6, 6.07) is 0.112. The number of hydrogen-bond acceptors (Lipinski definition) is 2.